The van der Waals surface area contributed by atoms with Gasteiger partial charge in [0.2, 0.25) is 0 Å². The Balaban J connectivity index is 2.40. The van der Waals surface area contributed by atoms with E-state index in [1.165, 1.54) is 12.1 Å². The van der Waals surface area contributed by atoms with Gasteiger partial charge in [-0.3, -0.25) is 0 Å². The van der Waals surface area contributed by atoms with Crippen LogP contribution < -0.4 is 4.90 Å². The summed E-state index contributed by atoms with van der Waals surface area (Å²) < 4.78 is 13.1. The van der Waals surface area contributed by atoms with Crippen molar-refractivity contribution in [3.8, 4) is 0 Å². The van der Waals surface area contributed by atoms with Crippen LogP contribution in [0.25, 0.3) is 0 Å². The van der Waals surface area contributed by atoms with E-state index in [9.17, 15) is 9.50 Å². The smallest absolute Gasteiger partial charge is 0.133 e. The Morgan fingerprint density at radius 1 is 1.14 bits per heavy atom. The van der Waals surface area contributed by atoms with Crippen molar-refractivity contribution < 1.29 is 9.50 Å². The SMILES string of the molecule is CCCc1cc(CO)cc(N(CC)c2ccc(F)cc2)n1. The fraction of sp³-hybridized carbons (Fsp3) is 0.353. The van der Waals surface area contributed by atoms with Crippen molar-refractivity contribution in [1.29, 1.82) is 0 Å². The molecule has 0 fully saturated rings. The zero-order valence-electron chi connectivity index (χ0n) is 12.5. The molecule has 1 N–H and O–H groups in total. The monoisotopic (exact) mass is 288 g/mol. The van der Waals surface area contributed by atoms with E-state index in [-0.39, 0.29) is 12.4 Å². The molecule has 0 atom stereocenters. The van der Waals surface area contributed by atoms with Gasteiger partial charge < -0.3 is 10.0 Å². The van der Waals surface area contributed by atoms with Crippen LogP contribution in [0.15, 0.2) is 36.4 Å². The van der Waals surface area contributed by atoms with Gasteiger partial charge in [-0.1, -0.05) is 13.3 Å². The minimum absolute atomic E-state index is 0.00674. The Morgan fingerprint density at radius 2 is 1.86 bits per heavy atom. The molecule has 0 spiro atoms. The number of halogens is 1. The van der Waals surface area contributed by atoms with Crippen LogP contribution >= 0.6 is 0 Å². The normalized spacial score (nSPS) is 10.7. The van der Waals surface area contributed by atoms with E-state index in [0.29, 0.717) is 0 Å². The molecule has 0 unspecified atom stereocenters. The number of aliphatic hydroxyl groups excluding tert-OH is 1. The van der Waals surface area contributed by atoms with E-state index in [0.717, 1.165) is 42.1 Å². The van der Waals surface area contributed by atoms with Gasteiger partial charge in [-0.2, -0.15) is 0 Å². The summed E-state index contributed by atoms with van der Waals surface area (Å²) in [6, 6.07) is 10.2. The molecule has 0 amide bonds. The maximum absolute atomic E-state index is 13.1. The second kappa shape index (κ2) is 7.18. The number of aromatic nitrogens is 1. The first-order valence-electron chi connectivity index (χ1n) is 7.31. The molecule has 0 saturated heterocycles. The number of anilines is 2. The average molecular weight is 288 g/mol. The van der Waals surface area contributed by atoms with Crippen LogP contribution in [0.2, 0.25) is 0 Å². The molecular weight excluding hydrogens is 267 g/mol. The van der Waals surface area contributed by atoms with Crippen molar-refractivity contribution in [2.45, 2.75) is 33.3 Å². The van der Waals surface area contributed by atoms with Gasteiger partial charge in [0.25, 0.3) is 0 Å². The third-order valence-corrected chi connectivity index (χ3v) is 3.34. The molecule has 0 aliphatic heterocycles. The molecule has 1 aromatic heterocycles. The quantitative estimate of drug-likeness (QED) is 0.877. The van der Waals surface area contributed by atoms with Gasteiger partial charge in [0.05, 0.1) is 6.61 Å². The van der Waals surface area contributed by atoms with Crippen LogP contribution in [-0.2, 0) is 13.0 Å². The number of aliphatic hydroxyl groups is 1. The predicted molar refractivity (Wildman–Crippen MR) is 83.2 cm³/mol. The minimum Gasteiger partial charge on any atom is -0.392 e. The highest BCUT2D eigenvalue weighted by Gasteiger charge is 2.11. The lowest BCUT2D eigenvalue weighted by molar-refractivity contribution is 0.281. The van der Waals surface area contributed by atoms with E-state index in [4.69, 9.17) is 0 Å². The summed E-state index contributed by atoms with van der Waals surface area (Å²) >= 11 is 0. The molecule has 0 radical (unpaired) electrons. The average Bonchev–Trinajstić information content (AvgIpc) is 2.50. The van der Waals surface area contributed by atoms with Crippen molar-refractivity contribution in [2.75, 3.05) is 11.4 Å². The molecule has 1 aromatic carbocycles. The van der Waals surface area contributed by atoms with Crippen molar-refractivity contribution in [2.24, 2.45) is 0 Å². The number of pyridine rings is 1. The summed E-state index contributed by atoms with van der Waals surface area (Å²) in [5, 5.41) is 9.42. The van der Waals surface area contributed by atoms with Crippen molar-refractivity contribution in [3.63, 3.8) is 0 Å². The molecule has 2 rings (SSSR count). The lowest BCUT2D eigenvalue weighted by Gasteiger charge is -2.23. The standard InChI is InChI=1S/C17H21FN2O/c1-3-5-15-10-13(12-21)11-17(19-15)20(4-2)16-8-6-14(18)7-9-16/h6-11,21H,3-5,12H2,1-2H3. The van der Waals surface area contributed by atoms with E-state index >= 15 is 0 Å². The number of nitrogens with zero attached hydrogens (tertiary/aromatic N) is 2. The summed E-state index contributed by atoms with van der Waals surface area (Å²) in [6.07, 6.45) is 1.88. The Hall–Kier alpha value is -1.94. The van der Waals surface area contributed by atoms with Gasteiger partial charge in [0.15, 0.2) is 0 Å². The summed E-state index contributed by atoms with van der Waals surface area (Å²) in [5.41, 5.74) is 2.72. The summed E-state index contributed by atoms with van der Waals surface area (Å²) in [6.45, 7) is 4.84. The molecule has 0 saturated carbocycles. The first kappa shape index (κ1) is 15.4. The van der Waals surface area contributed by atoms with Crippen LogP contribution in [0.5, 0.6) is 0 Å². The Morgan fingerprint density at radius 3 is 2.43 bits per heavy atom. The highest BCUT2D eigenvalue weighted by atomic mass is 19.1. The second-order valence-corrected chi connectivity index (χ2v) is 4.95. The van der Waals surface area contributed by atoms with Crippen LogP contribution in [0.4, 0.5) is 15.9 Å². The Labute approximate surface area is 125 Å². The van der Waals surface area contributed by atoms with Crippen molar-refractivity contribution in [3.05, 3.63) is 53.5 Å². The van der Waals surface area contributed by atoms with Crippen LogP contribution in [0.3, 0.4) is 0 Å². The first-order chi connectivity index (χ1) is 10.2. The van der Waals surface area contributed by atoms with Crippen LogP contribution in [0, 0.1) is 5.82 Å². The lowest BCUT2D eigenvalue weighted by atomic mass is 10.1. The highest BCUT2D eigenvalue weighted by Crippen LogP contribution is 2.25. The zero-order chi connectivity index (χ0) is 15.2. The summed E-state index contributed by atoms with van der Waals surface area (Å²) in [7, 11) is 0. The number of aryl methyl sites for hydroxylation is 1. The number of hydrogen-bond acceptors (Lipinski definition) is 3. The predicted octanol–water partition coefficient (Wildman–Crippen LogP) is 3.82. The van der Waals surface area contributed by atoms with Gasteiger partial charge >= 0.3 is 0 Å². The Bertz CT molecular complexity index is 584. The van der Waals surface area contributed by atoms with Crippen molar-refractivity contribution in [1.82, 2.24) is 4.98 Å². The lowest BCUT2D eigenvalue weighted by Crippen LogP contribution is -2.18. The first-order valence-corrected chi connectivity index (χ1v) is 7.31. The molecule has 3 nitrogen and oxygen atoms in total. The molecule has 112 valence electrons. The molecular formula is C17H21FN2O. The number of rotatable bonds is 6. The molecule has 1 heterocycles. The fourth-order valence-electron chi connectivity index (χ4n) is 2.34. The Kier molecular flexibility index (Phi) is 5.28. The third-order valence-electron chi connectivity index (χ3n) is 3.34. The highest BCUT2D eigenvalue weighted by molar-refractivity contribution is 5.60. The molecule has 4 heteroatoms. The maximum Gasteiger partial charge on any atom is 0.133 e. The molecule has 0 bridgehead atoms. The van der Waals surface area contributed by atoms with E-state index in [2.05, 4.69) is 11.9 Å². The van der Waals surface area contributed by atoms with E-state index < -0.39 is 0 Å². The molecule has 21 heavy (non-hydrogen) atoms. The van der Waals surface area contributed by atoms with E-state index in [1.807, 2.05) is 24.0 Å². The van der Waals surface area contributed by atoms with Gasteiger partial charge in [-0.15, -0.1) is 0 Å². The van der Waals surface area contributed by atoms with Crippen LogP contribution in [0.1, 0.15) is 31.5 Å². The molecule has 0 aliphatic rings. The topological polar surface area (TPSA) is 36.4 Å². The number of hydrogen-bond donors (Lipinski definition) is 1. The largest absolute Gasteiger partial charge is 0.392 e. The zero-order valence-corrected chi connectivity index (χ0v) is 12.5. The maximum atomic E-state index is 13.1. The third kappa shape index (κ3) is 3.79. The van der Waals surface area contributed by atoms with Gasteiger partial charge in [-0.05, 0) is 55.3 Å². The molecule has 0 aliphatic carbocycles. The van der Waals surface area contributed by atoms with Gasteiger partial charge in [0, 0.05) is 17.9 Å². The second-order valence-electron chi connectivity index (χ2n) is 4.95. The minimum atomic E-state index is -0.251. The molecule has 2 aromatic rings. The summed E-state index contributed by atoms with van der Waals surface area (Å²) in [4.78, 5) is 6.67. The number of benzene rings is 1. The van der Waals surface area contributed by atoms with Gasteiger partial charge in [-0.25, -0.2) is 9.37 Å². The van der Waals surface area contributed by atoms with Crippen LogP contribution in [-0.4, -0.2) is 16.6 Å². The van der Waals surface area contributed by atoms with Crippen molar-refractivity contribution >= 4 is 11.5 Å². The summed E-state index contributed by atoms with van der Waals surface area (Å²) in [5.74, 6) is 0.539. The fourth-order valence-corrected chi connectivity index (χ4v) is 2.34. The van der Waals surface area contributed by atoms with E-state index in [1.54, 1.807) is 12.1 Å². The van der Waals surface area contributed by atoms with Gasteiger partial charge in [0.1, 0.15) is 11.6 Å².